The number of ether oxygens (including phenoxy) is 2. The van der Waals surface area contributed by atoms with E-state index in [4.69, 9.17) is 13.9 Å². The molecule has 8 nitrogen and oxygen atoms in total. The largest absolute Gasteiger partial charge is 0.507 e. The Morgan fingerprint density at radius 1 is 1.23 bits per heavy atom. The molecule has 3 heterocycles. The summed E-state index contributed by atoms with van der Waals surface area (Å²) in [5.74, 6) is -0.627. The van der Waals surface area contributed by atoms with Crippen molar-refractivity contribution in [2.45, 2.75) is 32.0 Å². The number of phenols is 1. The minimum atomic E-state index is -0.950. The number of fused-ring (bicyclic) bond motifs is 1. The summed E-state index contributed by atoms with van der Waals surface area (Å²) >= 11 is 3.31. The first kappa shape index (κ1) is 23.0. The van der Waals surface area contributed by atoms with E-state index in [0.717, 1.165) is 11.3 Å². The molecular weight excluding hydrogens is 518 g/mol. The summed E-state index contributed by atoms with van der Waals surface area (Å²) in [4.78, 5) is 27.8. The number of hydrogen-bond donors (Lipinski definition) is 2. The van der Waals surface area contributed by atoms with Crippen molar-refractivity contribution in [3.8, 4) is 17.2 Å². The van der Waals surface area contributed by atoms with Crippen LogP contribution in [-0.4, -0.2) is 40.0 Å². The average molecular weight is 540 g/mol. The Kier molecular flexibility index (Phi) is 5.80. The maximum absolute atomic E-state index is 13.3. The number of likely N-dealkylation sites (tertiary alicyclic amines) is 1. The van der Waals surface area contributed by atoms with Gasteiger partial charge in [-0.05, 0) is 76.4 Å². The molecule has 35 heavy (non-hydrogen) atoms. The standard InChI is InChI=1S/C26H22BrNO7/c1-13-8-15-9-14(5-6-19(15)35-13)23(29)21-22(16-10-18(27)24(30)20(11-16)33-2)28(26(32)25(21)31)12-17-4-3-7-34-17/h3-7,9-11,13,22,29-30H,8,12H2,1-2H3/b23-21+. The zero-order valence-corrected chi connectivity index (χ0v) is 20.5. The Morgan fingerprint density at radius 3 is 2.74 bits per heavy atom. The zero-order chi connectivity index (χ0) is 24.9. The molecule has 0 bridgehead atoms. The van der Waals surface area contributed by atoms with Crippen molar-refractivity contribution in [1.82, 2.24) is 4.90 Å². The van der Waals surface area contributed by atoms with E-state index in [-0.39, 0.29) is 35.5 Å². The van der Waals surface area contributed by atoms with Crippen molar-refractivity contribution in [2.24, 2.45) is 0 Å². The normalized spacial score (nSPS) is 20.7. The van der Waals surface area contributed by atoms with Crippen LogP contribution in [0.4, 0.5) is 0 Å². The number of carbonyl (C=O) groups excluding carboxylic acids is 2. The Labute approximate surface area is 209 Å². The fourth-order valence-corrected chi connectivity index (χ4v) is 5.05. The van der Waals surface area contributed by atoms with Gasteiger partial charge in [0.15, 0.2) is 11.5 Å². The summed E-state index contributed by atoms with van der Waals surface area (Å²) < 4.78 is 16.8. The first-order valence-electron chi connectivity index (χ1n) is 11.0. The molecule has 2 atom stereocenters. The van der Waals surface area contributed by atoms with E-state index in [1.54, 1.807) is 36.4 Å². The number of amides is 1. The zero-order valence-electron chi connectivity index (χ0n) is 18.9. The third-order valence-corrected chi connectivity index (χ3v) is 6.81. The maximum atomic E-state index is 13.3. The molecule has 0 spiro atoms. The highest BCUT2D eigenvalue weighted by Gasteiger charge is 2.47. The molecule has 2 unspecified atom stereocenters. The van der Waals surface area contributed by atoms with Crippen molar-refractivity contribution in [3.05, 3.63) is 81.2 Å². The summed E-state index contributed by atoms with van der Waals surface area (Å²) in [5.41, 5.74) is 1.73. The van der Waals surface area contributed by atoms with E-state index in [9.17, 15) is 19.8 Å². The number of halogens is 1. The second kappa shape index (κ2) is 8.81. The Bertz CT molecular complexity index is 1360. The predicted octanol–water partition coefficient (Wildman–Crippen LogP) is 4.70. The summed E-state index contributed by atoms with van der Waals surface area (Å²) in [5, 5.41) is 21.7. The molecule has 1 aromatic heterocycles. The lowest BCUT2D eigenvalue weighted by Crippen LogP contribution is -2.29. The smallest absolute Gasteiger partial charge is 0.296 e. The van der Waals surface area contributed by atoms with Crippen LogP contribution in [0.25, 0.3) is 5.76 Å². The van der Waals surface area contributed by atoms with Gasteiger partial charge in [-0.3, -0.25) is 9.59 Å². The number of benzene rings is 2. The second-order valence-corrected chi connectivity index (χ2v) is 9.37. The number of methoxy groups -OCH3 is 1. The first-order chi connectivity index (χ1) is 16.8. The molecule has 0 saturated carbocycles. The lowest BCUT2D eigenvalue weighted by atomic mass is 9.94. The predicted molar refractivity (Wildman–Crippen MR) is 129 cm³/mol. The van der Waals surface area contributed by atoms with Crippen molar-refractivity contribution >= 4 is 33.4 Å². The summed E-state index contributed by atoms with van der Waals surface area (Å²) in [7, 11) is 1.40. The van der Waals surface area contributed by atoms with Gasteiger partial charge in [0.1, 0.15) is 23.4 Å². The van der Waals surface area contributed by atoms with Crippen LogP contribution in [0.15, 0.2) is 63.2 Å². The highest BCUT2D eigenvalue weighted by molar-refractivity contribution is 9.10. The maximum Gasteiger partial charge on any atom is 0.296 e. The van der Waals surface area contributed by atoms with E-state index in [1.165, 1.54) is 24.3 Å². The van der Waals surface area contributed by atoms with E-state index in [0.29, 0.717) is 27.8 Å². The summed E-state index contributed by atoms with van der Waals surface area (Å²) in [6, 6.07) is 10.8. The number of rotatable bonds is 5. The number of hydrogen-bond acceptors (Lipinski definition) is 7. The van der Waals surface area contributed by atoms with Gasteiger partial charge in [-0.2, -0.15) is 0 Å². The third-order valence-electron chi connectivity index (χ3n) is 6.20. The molecule has 1 amide bonds. The monoisotopic (exact) mass is 539 g/mol. The first-order valence-corrected chi connectivity index (χ1v) is 11.7. The van der Waals surface area contributed by atoms with E-state index >= 15 is 0 Å². The van der Waals surface area contributed by atoms with Gasteiger partial charge in [-0.25, -0.2) is 0 Å². The van der Waals surface area contributed by atoms with E-state index < -0.39 is 17.7 Å². The molecule has 0 radical (unpaired) electrons. The molecule has 2 aliphatic heterocycles. The molecule has 0 aliphatic carbocycles. The fraction of sp³-hybridized carbons (Fsp3) is 0.231. The topological polar surface area (TPSA) is 109 Å². The number of aromatic hydroxyl groups is 1. The molecule has 2 aromatic carbocycles. The number of ketones is 1. The van der Waals surface area contributed by atoms with Crippen molar-refractivity contribution in [3.63, 3.8) is 0 Å². The lowest BCUT2D eigenvalue weighted by molar-refractivity contribution is -0.140. The number of furan rings is 1. The van der Waals surface area contributed by atoms with E-state index in [2.05, 4.69) is 15.9 Å². The van der Waals surface area contributed by atoms with Crippen LogP contribution in [-0.2, 0) is 22.6 Å². The minimum absolute atomic E-state index is 0.00930. The number of nitrogens with zero attached hydrogens (tertiary/aromatic N) is 1. The number of phenolic OH excluding ortho intramolecular Hbond substituents is 1. The van der Waals surface area contributed by atoms with Crippen LogP contribution >= 0.6 is 15.9 Å². The minimum Gasteiger partial charge on any atom is -0.507 e. The number of carbonyl (C=O) groups is 2. The second-order valence-electron chi connectivity index (χ2n) is 8.52. The molecule has 5 rings (SSSR count). The molecule has 9 heteroatoms. The van der Waals surface area contributed by atoms with Crippen LogP contribution in [0.3, 0.4) is 0 Å². The molecule has 2 aliphatic rings. The molecule has 180 valence electrons. The highest BCUT2D eigenvalue weighted by atomic mass is 79.9. The number of Topliss-reactive ketones (excluding diaryl/α,β-unsaturated/α-hetero) is 1. The van der Waals surface area contributed by atoms with Crippen LogP contribution in [0.2, 0.25) is 0 Å². The Hall–Kier alpha value is -3.72. The lowest BCUT2D eigenvalue weighted by Gasteiger charge is -2.25. The fourth-order valence-electron chi connectivity index (χ4n) is 4.59. The highest BCUT2D eigenvalue weighted by Crippen LogP contribution is 2.45. The van der Waals surface area contributed by atoms with E-state index in [1.807, 2.05) is 6.92 Å². The van der Waals surface area contributed by atoms with Gasteiger partial charge in [0.2, 0.25) is 0 Å². The summed E-state index contributed by atoms with van der Waals surface area (Å²) in [6.07, 6.45) is 2.17. The van der Waals surface area contributed by atoms with Gasteiger partial charge in [0, 0.05) is 12.0 Å². The van der Waals surface area contributed by atoms with Crippen molar-refractivity contribution in [1.29, 1.82) is 0 Å². The molecular formula is C26H22BrNO7. The van der Waals surface area contributed by atoms with Gasteiger partial charge in [0.25, 0.3) is 11.7 Å². The van der Waals surface area contributed by atoms with Crippen molar-refractivity contribution in [2.75, 3.05) is 7.11 Å². The number of aliphatic hydroxyl groups excluding tert-OH is 1. The Balaban J connectivity index is 1.68. The van der Waals surface area contributed by atoms with Gasteiger partial charge >= 0.3 is 0 Å². The van der Waals surface area contributed by atoms with Crippen LogP contribution in [0, 0.1) is 0 Å². The van der Waals surface area contributed by atoms with Gasteiger partial charge in [-0.15, -0.1) is 0 Å². The Morgan fingerprint density at radius 2 is 2.03 bits per heavy atom. The van der Waals surface area contributed by atoms with Crippen LogP contribution < -0.4 is 9.47 Å². The quantitative estimate of drug-likeness (QED) is 0.274. The summed E-state index contributed by atoms with van der Waals surface area (Å²) in [6.45, 7) is 1.96. The molecule has 1 saturated heterocycles. The third kappa shape index (κ3) is 3.95. The molecule has 1 fully saturated rings. The molecule has 3 aromatic rings. The SMILES string of the molecule is COc1cc(C2/C(=C(\O)c3ccc4c(c3)CC(C)O4)C(=O)C(=O)N2Cc2ccco2)cc(Br)c1O. The van der Waals surface area contributed by atoms with Crippen LogP contribution in [0.5, 0.6) is 17.2 Å². The van der Waals surface area contributed by atoms with Crippen LogP contribution in [0.1, 0.15) is 35.4 Å². The van der Waals surface area contributed by atoms with Crippen molar-refractivity contribution < 1.29 is 33.7 Å². The van der Waals surface area contributed by atoms with Gasteiger partial charge < -0.3 is 29.0 Å². The number of aliphatic hydroxyl groups is 1. The van der Waals surface area contributed by atoms with Gasteiger partial charge in [0.05, 0.1) is 36.0 Å². The van der Waals surface area contributed by atoms with Gasteiger partial charge in [-0.1, -0.05) is 0 Å². The molecule has 2 N–H and O–H groups in total. The average Bonchev–Trinajstić information content (AvgIpc) is 3.54.